The van der Waals surface area contributed by atoms with E-state index in [4.69, 9.17) is 9.15 Å². The molecule has 2 aromatic heterocycles. The average Bonchev–Trinajstić information content (AvgIpc) is 3.54. The van der Waals surface area contributed by atoms with Crippen molar-refractivity contribution in [1.82, 2.24) is 10.2 Å². The minimum atomic E-state index is -0.883. The van der Waals surface area contributed by atoms with Gasteiger partial charge in [0.1, 0.15) is 11.5 Å². The predicted molar refractivity (Wildman–Crippen MR) is 124 cm³/mol. The molecule has 1 aliphatic rings. The van der Waals surface area contributed by atoms with Crippen molar-refractivity contribution >= 4 is 23.2 Å². The summed E-state index contributed by atoms with van der Waals surface area (Å²) in [6, 6.07) is 13.9. The lowest BCUT2D eigenvalue weighted by molar-refractivity contribution is -0.127. The highest BCUT2D eigenvalue weighted by Crippen LogP contribution is 2.30. The van der Waals surface area contributed by atoms with Crippen LogP contribution in [0.1, 0.15) is 59.1 Å². The molecule has 0 saturated heterocycles. The van der Waals surface area contributed by atoms with Gasteiger partial charge in [0.05, 0.1) is 24.8 Å². The maximum Gasteiger partial charge on any atom is 0.265 e. The number of hydrogen-bond acceptors (Lipinski definition) is 5. The standard InChI is InChI=1S/C25H28N2O4S/c1-30-20-12-6-5-9-18(20)17-27(25(29)22-14-8-16-32-22)23(21-13-7-15-31-21)24(28)26-19-10-3-2-4-11-19/h5-9,12-16,19,23H,2-4,10-11,17H2,1H3,(H,26,28)/t23-/m1/s1. The molecule has 0 aliphatic heterocycles. The van der Waals surface area contributed by atoms with E-state index in [0.717, 1.165) is 31.2 Å². The van der Waals surface area contributed by atoms with Crippen molar-refractivity contribution in [2.45, 2.75) is 50.7 Å². The number of methoxy groups -OCH3 is 1. The van der Waals surface area contributed by atoms with Gasteiger partial charge < -0.3 is 19.4 Å². The third-order valence-corrected chi connectivity index (χ3v) is 6.71. The van der Waals surface area contributed by atoms with E-state index in [9.17, 15) is 9.59 Å². The largest absolute Gasteiger partial charge is 0.496 e. The van der Waals surface area contributed by atoms with Crippen LogP contribution in [-0.4, -0.2) is 29.9 Å². The maximum atomic E-state index is 13.6. The SMILES string of the molecule is COc1ccccc1CN(C(=O)c1cccs1)[C@@H](C(=O)NC1CCCCC1)c1ccco1. The second-order valence-electron chi connectivity index (χ2n) is 7.98. The third kappa shape index (κ3) is 5.05. The van der Waals surface area contributed by atoms with Gasteiger partial charge in [0.15, 0.2) is 6.04 Å². The normalized spacial score (nSPS) is 15.2. The Morgan fingerprint density at radius 1 is 1.12 bits per heavy atom. The predicted octanol–water partition coefficient (Wildman–Crippen LogP) is 5.18. The first-order valence-electron chi connectivity index (χ1n) is 11.0. The number of carbonyl (C=O) groups excluding carboxylic acids is 2. The molecule has 6 nitrogen and oxygen atoms in total. The van der Waals surface area contributed by atoms with E-state index in [1.807, 2.05) is 35.7 Å². The highest BCUT2D eigenvalue weighted by Gasteiger charge is 2.36. The summed E-state index contributed by atoms with van der Waals surface area (Å²) in [6.07, 6.45) is 6.87. The number of benzene rings is 1. The van der Waals surface area contributed by atoms with Crippen LogP contribution in [-0.2, 0) is 11.3 Å². The minimum Gasteiger partial charge on any atom is -0.496 e. The Labute approximate surface area is 192 Å². The van der Waals surface area contributed by atoms with Gasteiger partial charge in [0, 0.05) is 11.6 Å². The minimum absolute atomic E-state index is 0.124. The molecular weight excluding hydrogens is 424 g/mol. The molecule has 32 heavy (non-hydrogen) atoms. The number of ether oxygens (including phenoxy) is 1. The lowest BCUT2D eigenvalue weighted by Gasteiger charge is -2.32. The summed E-state index contributed by atoms with van der Waals surface area (Å²) in [7, 11) is 1.60. The maximum absolute atomic E-state index is 13.6. The van der Waals surface area contributed by atoms with E-state index in [1.165, 1.54) is 24.0 Å². The number of nitrogens with zero attached hydrogens (tertiary/aromatic N) is 1. The van der Waals surface area contributed by atoms with Crippen LogP contribution in [0.5, 0.6) is 5.75 Å². The number of para-hydroxylation sites is 1. The fourth-order valence-electron chi connectivity index (χ4n) is 4.24. The zero-order valence-corrected chi connectivity index (χ0v) is 19.0. The summed E-state index contributed by atoms with van der Waals surface area (Å²) in [6.45, 7) is 0.212. The van der Waals surface area contributed by atoms with Gasteiger partial charge >= 0.3 is 0 Å². The van der Waals surface area contributed by atoms with Gasteiger partial charge in [-0.1, -0.05) is 43.5 Å². The molecule has 0 bridgehead atoms. The number of nitrogens with one attached hydrogen (secondary N) is 1. The molecule has 0 unspecified atom stereocenters. The Bertz CT molecular complexity index is 1010. The molecule has 3 aromatic rings. The topological polar surface area (TPSA) is 71.8 Å². The van der Waals surface area contributed by atoms with E-state index >= 15 is 0 Å². The van der Waals surface area contributed by atoms with Gasteiger partial charge in [-0.3, -0.25) is 9.59 Å². The van der Waals surface area contributed by atoms with Crippen molar-refractivity contribution in [2.75, 3.05) is 7.11 Å². The van der Waals surface area contributed by atoms with Crippen molar-refractivity contribution < 1.29 is 18.7 Å². The first-order chi connectivity index (χ1) is 15.7. The number of thiophene rings is 1. The summed E-state index contributed by atoms with van der Waals surface area (Å²) in [5.74, 6) is 0.679. The molecule has 2 heterocycles. The molecule has 2 amide bonds. The summed E-state index contributed by atoms with van der Waals surface area (Å²) in [4.78, 5) is 29.3. The van der Waals surface area contributed by atoms with Crippen LogP contribution in [0.2, 0.25) is 0 Å². The van der Waals surface area contributed by atoms with Gasteiger partial charge in [-0.25, -0.2) is 0 Å². The molecule has 0 radical (unpaired) electrons. The van der Waals surface area contributed by atoms with Crippen LogP contribution in [0.25, 0.3) is 0 Å². The van der Waals surface area contributed by atoms with E-state index < -0.39 is 6.04 Å². The summed E-state index contributed by atoms with van der Waals surface area (Å²) < 4.78 is 11.2. The zero-order valence-electron chi connectivity index (χ0n) is 18.2. The number of hydrogen-bond donors (Lipinski definition) is 1. The second kappa shape index (κ2) is 10.5. The molecule has 4 rings (SSSR count). The monoisotopic (exact) mass is 452 g/mol. The molecule has 0 spiro atoms. The fraction of sp³-hybridized carbons (Fsp3) is 0.360. The lowest BCUT2D eigenvalue weighted by Crippen LogP contribution is -2.46. The quantitative estimate of drug-likeness (QED) is 0.511. The smallest absolute Gasteiger partial charge is 0.265 e. The van der Waals surface area contributed by atoms with Gasteiger partial charge in [-0.15, -0.1) is 11.3 Å². The van der Waals surface area contributed by atoms with Crippen LogP contribution >= 0.6 is 11.3 Å². The van der Waals surface area contributed by atoms with Crippen LogP contribution in [0.3, 0.4) is 0 Å². The Hall–Kier alpha value is -3.06. The van der Waals surface area contributed by atoms with Crippen molar-refractivity contribution in [2.24, 2.45) is 0 Å². The number of rotatable bonds is 8. The summed E-state index contributed by atoms with van der Waals surface area (Å²) in [5, 5.41) is 5.04. The van der Waals surface area contributed by atoms with Crippen molar-refractivity contribution in [1.29, 1.82) is 0 Å². The molecule has 1 aliphatic carbocycles. The molecule has 1 fully saturated rings. The number of carbonyl (C=O) groups is 2. The van der Waals surface area contributed by atoms with Crippen LogP contribution < -0.4 is 10.1 Å². The first-order valence-corrected chi connectivity index (χ1v) is 11.9. The Balaban J connectivity index is 1.70. The van der Waals surface area contributed by atoms with Crippen LogP contribution in [0.4, 0.5) is 0 Å². The van der Waals surface area contributed by atoms with E-state index in [-0.39, 0.29) is 24.4 Å². The van der Waals surface area contributed by atoms with E-state index in [1.54, 1.807) is 30.2 Å². The first kappa shape index (κ1) is 22.1. The van der Waals surface area contributed by atoms with Gasteiger partial charge in [0.2, 0.25) is 0 Å². The Morgan fingerprint density at radius 3 is 2.62 bits per heavy atom. The molecule has 1 saturated carbocycles. The lowest BCUT2D eigenvalue weighted by atomic mass is 9.95. The van der Waals surface area contributed by atoms with Crippen LogP contribution in [0.15, 0.2) is 64.6 Å². The van der Waals surface area contributed by atoms with Crippen molar-refractivity contribution in [3.8, 4) is 5.75 Å². The number of furan rings is 1. The number of amides is 2. The highest BCUT2D eigenvalue weighted by molar-refractivity contribution is 7.12. The summed E-state index contributed by atoms with van der Waals surface area (Å²) in [5.41, 5.74) is 0.821. The molecule has 1 aromatic carbocycles. The van der Waals surface area contributed by atoms with Gasteiger partial charge in [0.25, 0.3) is 11.8 Å². The molecule has 7 heteroatoms. The third-order valence-electron chi connectivity index (χ3n) is 5.85. The molecular formula is C25H28N2O4S. The van der Waals surface area contributed by atoms with E-state index in [0.29, 0.717) is 16.4 Å². The molecule has 168 valence electrons. The fourth-order valence-corrected chi connectivity index (χ4v) is 4.92. The van der Waals surface area contributed by atoms with Crippen molar-refractivity contribution in [3.05, 3.63) is 76.4 Å². The Kier molecular flexibility index (Phi) is 7.27. The van der Waals surface area contributed by atoms with Gasteiger partial charge in [-0.2, -0.15) is 0 Å². The van der Waals surface area contributed by atoms with Crippen molar-refractivity contribution in [3.63, 3.8) is 0 Å². The van der Waals surface area contributed by atoms with E-state index in [2.05, 4.69) is 5.32 Å². The zero-order chi connectivity index (χ0) is 22.3. The van der Waals surface area contributed by atoms with Crippen LogP contribution in [0, 0.1) is 0 Å². The Morgan fingerprint density at radius 2 is 1.94 bits per heavy atom. The molecule has 1 atom stereocenters. The summed E-state index contributed by atoms with van der Waals surface area (Å²) >= 11 is 1.36. The highest BCUT2D eigenvalue weighted by atomic mass is 32.1. The second-order valence-corrected chi connectivity index (χ2v) is 8.93. The van der Waals surface area contributed by atoms with Gasteiger partial charge in [-0.05, 0) is 42.5 Å². The average molecular weight is 453 g/mol. The molecule has 1 N–H and O–H groups in total.